The summed E-state index contributed by atoms with van der Waals surface area (Å²) in [6.07, 6.45) is 1.38. The first-order valence-electron chi connectivity index (χ1n) is 5.62. The maximum absolute atomic E-state index is 12.1. The van der Waals surface area contributed by atoms with Crippen molar-refractivity contribution in [3.63, 3.8) is 0 Å². The van der Waals surface area contributed by atoms with Crippen LogP contribution in [0.3, 0.4) is 0 Å². The molecule has 0 unspecified atom stereocenters. The second-order valence-corrected chi connectivity index (χ2v) is 5.95. The highest BCUT2D eigenvalue weighted by Gasteiger charge is 2.16. The highest BCUT2D eigenvalue weighted by atomic mass is 32.1. The summed E-state index contributed by atoms with van der Waals surface area (Å²) in [4.78, 5) is 27.5. The van der Waals surface area contributed by atoms with Crippen molar-refractivity contribution < 1.29 is 14.7 Å². The fraction of sp³-hybridized carbons (Fsp3) is 0. The Kier molecular flexibility index (Phi) is 3.21. The number of carboxylic acids is 1. The van der Waals surface area contributed by atoms with Crippen molar-refractivity contribution in [3.8, 4) is 0 Å². The molecule has 0 aliphatic heterocycles. The lowest BCUT2D eigenvalue weighted by Gasteiger charge is -2.05. The number of pyridine rings is 1. The van der Waals surface area contributed by atoms with Crippen LogP contribution in [0, 0.1) is 0 Å². The van der Waals surface area contributed by atoms with Gasteiger partial charge in [0.1, 0.15) is 0 Å². The maximum Gasteiger partial charge on any atom is 0.356 e. The minimum absolute atomic E-state index is 0.167. The Morgan fingerprint density at radius 3 is 2.85 bits per heavy atom. The van der Waals surface area contributed by atoms with Crippen LogP contribution in [0.1, 0.15) is 20.2 Å². The number of aromatic carboxylic acids is 1. The van der Waals surface area contributed by atoms with Crippen LogP contribution in [0.5, 0.6) is 0 Å². The number of hydrogen-bond acceptors (Lipinski definition) is 5. The number of hydrogen-bond donors (Lipinski definition) is 2. The largest absolute Gasteiger partial charge is 0.476 e. The molecular weight excluding hydrogens is 296 g/mol. The number of thiophene rings is 2. The van der Waals surface area contributed by atoms with Crippen molar-refractivity contribution in [2.75, 3.05) is 5.32 Å². The quantitative estimate of drug-likeness (QED) is 0.778. The average Bonchev–Trinajstić information content (AvgIpc) is 2.99. The van der Waals surface area contributed by atoms with E-state index in [0.29, 0.717) is 4.88 Å². The van der Waals surface area contributed by atoms with Gasteiger partial charge >= 0.3 is 5.97 Å². The first kappa shape index (κ1) is 12.8. The topological polar surface area (TPSA) is 79.3 Å². The van der Waals surface area contributed by atoms with Crippen molar-refractivity contribution >= 4 is 49.6 Å². The van der Waals surface area contributed by atoms with Gasteiger partial charge in [-0.15, -0.1) is 22.7 Å². The van der Waals surface area contributed by atoms with Gasteiger partial charge in [-0.3, -0.25) is 4.79 Å². The molecule has 0 aromatic carbocycles. The zero-order chi connectivity index (χ0) is 14.1. The Morgan fingerprint density at radius 1 is 1.25 bits per heavy atom. The van der Waals surface area contributed by atoms with Gasteiger partial charge in [-0.2, -0.15) is 0 Å². The second-order valence-electron chi connectivity index (χ2n) is 3.92. The molecule has 5 nitrogen and oxygen atoms in total. The van der Waals surface area contributed by atoms with Crippen LogP contribution in [0.2, 0.25) is 0 Å². The third-order valence-electron chi connectivity index (χ3n) is 2.62. The van der Waals surface area contributed by atoms with Gasteiger partial charge in [0.05, 0.1) is 10.6 Å². The summed E-state index contributed by atoms with van der Waals surface area (Å²) < 4.78 is 2.09. The van der Waals surface area contributed by atoms with Gasteiger partial charge in [-0.05, 0) is 29.6 Å². The smallest absolute Gasteiger partial charge is 0.356 e. The SMILES string of the molecule is O=C(Nc1cccnc1C(=O)O)c1cc2sccc2s1. The molecule has 0 atom stereocenters. The summed E-state index contributed by atoms with van der Waals surface area (Å²) in [6, 6.07) is 6.85. The minimum Gasteiger partial charge on any atom is -0.476 e. The van der Waals surface area contributed by atoms with E-state index in [9.17, 15) is 9.59 Å². The highest BCUT2D eigenvalue weighted by molar-refractivity contribution is 7.27. The molecule has 3 aromatic heterocycles. The predicted octanol–water partition coefficient (Wildman–Crippen LogP) is 3.31. The predicted molar refractivity (Wildman–Crippen MR) is 78.9 cm³/mol. The van der Waals surface area contributed by atoms with Crippen molar-refractivity contribution in [2.45, 2.75) is 0 Å². The number of carboxylic acid groups (broad SMARTS) is 1. The summed E-state index contributed by atoms with van der Waals surface area (Å²) in [6.45, 7) is 0. The third kappa shape index (κ3) is 2.28. The van der Waals surface area contributed by atoms with Gasteiger partial charge < -0.3 is 10.4 Å². The van der Waals surface area contributed by atoms with E-state index in [1.165, 1.54) is 23.6 Å². The van der Waals surface area contributed by atoms with Crippen LogP contribution in [-0.4, -0.2) is 22.0 Å². The zero-order valence-electron chi connectivity index (χ0n) is 9.99. The average molecular weight is 304 g/mol. The number of carbonyl (C=O) groups is 2. The molecule has 0 saturated carbocycles. The normalized spacial score (nSPS) is 10.6. The second kappa shape index (κ2) is 5.03. The van der Waals surface area contributed by atoms with Crippen molar-refractivity contribution in [1.82, 2.24) is 4.98 Å². The summed E-state index contributed by atoms with van der Waals surface area (Å²) in [5.41, 5.74) is 0.0287. The van der Waals surface area contributed by atoms with Crippen molar-refractivity contribution in [3.05, 3.63) is 46.4 Å². The highest BCUT2D eigenvalue weighted by Crippen LogP contribution is 2.30. The lowest BCUT2D eigenvalue weighted by Crippen LogP contribution is -2.14. The fourth-order valence-electron chi connectivity index (χ4n) is 1.74. The molecule has 0 fully saturated rings. The lowest BCUT2D eigenvalue weighted by atomic mass is 10.3. The molecule has 0 bridgehead atoms. The summed E-state index contributed by atoms with van der Waals surface area (Å²) >= 11 is 2.94. The van der Waals surface area contributed by atoms with Gasteiger partial charge in [-0.1, -0.05) is 0 Å². The van der Waals surface area contributed by atoms with E-state index in [-0.39, 0.29) is 17.3 Å². The number of carbonyl (C=O) groups excluding carboxylic acids is 1. The maximum atomic E-state index is 12.1. The number of nitrogens with zero attached hydrogens (tertiary/aromatic N) is 1. The van der Waals surface area contributed by atoms with Gasteiger partial charge in [0.2, 0.25) is 0 Å². The molecule has 0 spiro atoms. The van der Waals surface area contributed by atoms with Crippen LogP contribution >= 0.6 is 22.7 Å². The molecule has 0 aliphatic carbocycles. The van der Waals surface area contributed by atoms with E-state index in [2.05, 4.69) is 10.3 Å². The molecule has 3 aromatic rings. The van der Waals surface area contributed by atoms with Crippen LogP contribution in [0.25, 0.3) is 9.40 Å². The minimum atomic E-state index is -1.17. The Morgan fingerprint density at radius 2 is 2.10 bits per heavy atom. The molecule has 0 saturated heterocycles. The Balaban J connectivity index is 1.89. The molecule has 20 heavy (non-hydrogen) atoms. The third-order valence-corrected chi connectivity index (χ3v) is 4.71. The Labute approximate surface area is 121 Å². The van der Waals surface area contributed by atoms with E-state index < -0.39 is 5.97 Å². The molecule has 0 aliphatic rings. The number of anilines is 1. The van der Waals surface area contributed by atoms with Crippen molar-refractivity contribution in [1.29, 1.82) is 0 Å². The van der Waals surface area contributed by atoms with E-state index in [4.69, 9.17) is 5.11 Å². The number of amides is 1. The van der Waals surface area contributed by atoms with Crippen LogP contribution < -0.4 is 5.32 Å². The summed E-state index contributed by atoms with van der Waals surface area (Å²) in [7, 11) is 0. The number of fused-ring (bicyclic) bond motifs is 1. The Bertz CT molecular complexity index is 778. The first-order chi connectivity index (χ1) is 9.65. The lowest BCUT2D eigenvalue weighted by molar-refractivity contribution is 0.0692. The van der Waals surface area contributed by atoms with Crippen molar-refractivity contribution in [2.24, 2.45) is 0 Å². The van der Waals surface area contributed by atoms with Crippen LogP contribution in [-0.2, 0) is 0 Å². The van der Waals surface area contributed by atoms with Gasteiger partial charge in [-0.25, -0.2) is 9.78 Å². The van der Waals surface area contributed by atoms with E-state index in [1.807, 2.05) is 11.4 Å². The molecule has 7 heteroatoms. The summed E-state index contributed by atoms with van der Waals surface area (Å²) in [5, 5.41) is 13.6. The first-order valence-corrected chi connectivity index (χ1v) is 7.31. The number of rotatable bonds is 3. The molecule has 100 valence electrons. The van der Waals surface area contributed by atoms with Gasteiger partial charge in [0.15, 0.2) is 5.69 Å². The van der Waals surface area contributed by atoms with E-state index >= 15 is 0 Å². The number of nitrogens with one attached hydrogen (secondary N) is 1. The molecular formula is C13H8N2O3S2. The molecule has 3 heterocycles. The fourth-order valence-corrected chi connectivity index (χ4v) is 3.74. The van der Waals surface area contributed by atoms with Crippen LogP contribution in [0.15, 0.2) is 35.8 Å². The monoisotopic (exact) mass is 304 g/mol. The molecule has 1 amide bonds. The molecule has 2 N–H and O–H groups in total. The van der Waals surface area contributed by atoms with E-state index in [1.54, 1.807) is 23.5 Å². The zero-order valence-corrected chi connectivity index (χ0v) is 11.6. The van der Waals surface area contributed by atoms with Gasteiger partial charge in [0, 0.05) is 15.6 Å². The molecule has 3 rings (SSSR count). The number of aromatic nitrogens is 1. The van der Waals surface area contributed by atoms with E-state index in [0.717, 1.165) is 9.40 Å². The standard InChI is InChI=1S/C13H8N2O3S2/c16-12(10-6-9-8(20-10)3-5-19-9)15-7-2-1-4-14-11(7)13(17)18/h1-6H,(H,15,16)(H,17,18). The van der Waals surface area contributed by atoms with Crippen LogP contribution in [0.4, 0.5) is 5.69 Å². The Hall–Kier alpha value is -2.25. The molecule has 0 radical (unpaired) electrons. The van der Waals surface area contributed by atoms with Gasteiger partial charge in [0.25, 0.3) is 5.91 Å². The summed E-state index contributed by atoms with van der Waals surface area (Å²) in [5.74, 6) is -1.50.